The first-order chi connectivity index (χ1) is 10.6. The number of rotatable bonds is 3. The predicted octanol–water partition coefficient (Wildman–Crippen LogP) is 2.66. The molecule has 0 saturated heterocycles. The smallest absolute Gasteiger partial charge is 0.318 e. The lowest BCUT2D eigenvalue weighted by atomic mass is 9.98. The lowest BCUT2D eigenvalue weighted by Gasteiger charge is -2.36. The minimum atomic E-state index is -0.165. The summed E-state index contributed by atoms with van der Waals surface area (Å²) in [4.78, 5) is 16.0. The molecule has 6 nitrogen and oxygen atoms in total. The van der Waals surface area contributed by atoms with Gasteiger partial charge in [-0.3, -0.25) is 0 Å². The zero-order chi connectivity index (χ0) is 15.7. The Bertz CT molecular complexity index is 664. The Morgan fingerprint density at radius 3 is 3.09 bits per heavy atom. The average molecular weight is 319 g/mol. The third-order valence-electron chi connectivity index (χ3n) is 4.22. The number of carbonyl (C=O) groups excluding carboxylic acids is 1. The molecule has 1 aliphatic rings. The number of amides is 2. The van der Waals surface area contributed by atoms with Crippen LogP contribution in [0.2, 0.25) is 0 Å². The molecule has 0 bridgehead atoms. The van der Waals surface area contributed by atoms with E-state index in [0.29, 0.717) is 0 Å². The molecule has 0 fully saturated rings. The van der Waals surface area contributed by atoms with Gasteiger partial charge in [0.2, 0.25) is 0 Å². The van der Waals surface area contributed by atoms with Crippen molar-refractivity contribution in [3.8, 4) is 0 Å². The molecule has 2 atom stereocenters. The van der Waals surface area contributed by atoms with Crippen LogP contribution in [0.25, 0.3) is 0 Å². The second-order valence-electron chi connectivity index (χ2n) is 5.64. The Kier molecular flexibility index (Phi) is 4.15. The van der Waals surface area contributed by atoms with Crippen LogP contribution >= 0.6 is 11.3 Å². The van der Waals surface area contributed by atoms with Crippen molar-refractivity contribution in [1.29, 1.82) is 0 Å². The van der Waals surface area contributed by atoms with Gasteiger partial charge >= 0.3 is 6.03 Å². The van der Waals surface area contributed by atoms with Crippen molar-refractivity contribution in [3.63, 3.8) is 0 Å². The third kappa shape index (κ3) is 2.61. The van der Waals surface area contributed by atoms with Crippen LogP contribution in [0.3, 0.4) is 0 Å². The number of hydrogen-bond donors (Lipinski definition) is 1. The zero-order valence-electron chi connectivity index (χ0n) is 13.1. The molecule has 7 heteroatoms. The van der Waals surface area contributed by atoms with E-state index in [4.69, 9.17) is 0 Å². The maximum Gasteiger partial charge on any atom is 0.318 e. The van der Waals surface area contributed by atoms with Crippen LogP contribution < -0.4 is 5.32 Å². The largest absolute Gasteiger partial charge is 0.328 e. The van der Waals surface area contributed by atoms with Crippen molar-refractivity contribution in [1.82, 2.24) is 25.0 Å². The number of thiophene rings is 1. The van der Waals surface area contributed by atoms with E-state index in [1.54, 1.807) is 17.7 Å². The first kappa shape index (κ1) is 15.0. The van der Waals surface area contributed by atoms with Crippen LogP contribution in [0.1, 0.15) is 48.6 Å². The van der Waals surface area contributed by atoms with Crippen LogP contribution in [-0.4, -0.2) is 32.2 Å². The Morgan fingerprint density at radius 2 is 2.41 bits per heavy atom. The van der Waals surface area contributed by atoms with Gasteiger partial charge in [-0.25, -0.2) is 4.79 Å². The highest BCUT2D eigenvalue weighted by molar-refractivity contribution is 7.10. The molecule has 22 heavy (non-hydrogen) atoms. The van der Waals surface area contributed by atoms with Crippen molar-refractivity contribution < 1.29 is 4.79 Å². The van der Waals surface area contributed by atoms with Crippen LogP contribution in [0.4, 0.5) is 4.79 Å². The summed E-state index contributed by atoms with van der Waals surface area (Å²) in [6.45, 7) is 4.83. The second-order valence-corrected chi connectivity index (χ2v) is 6.64. The molecule has 2 aromatic heterocycles. The summed E-state index contributed by atoms with van der Waals surface area (Å²) in [5.41, 5.74) is 1.31. The van der Waals surface area contributed by atoms with Gasteiger partial charge in [0.05, 0.1) is 12.1 Å². The SMILES string of the molecule is CCC1c2ccsc2CCN1C(=O)NC(C)c1nncn1C. The first-order valence-corrected chi connectivity index (χ1v) is 8.47. The fourth-order valence-electron chi connectivity index (χ4n) is 3.10. The predicted molar refractivity (Wildman–Crippen MR) is 85.7 cm³/mol. The number of aryl methyl sites for hydroxylation is 1. The minimum absolute atomic E-state index is 0.0285. The normalized spacial score (nSPS) is 18.9. The molecule has 2 amide bonds. The molecular weight excluding hydrogens is 298 g/mol. The number of urea groups is 1. The molecule has 0 spiro atoms. The lowest BCUT2D eigenvalue weighted by Crippen LogP contribution is -2.46. The van der Waals surface area contributed by atoms with Gasteiger partial charge in [0, 0.05) is 18.5 Å². The number of hydrogen-bond acceptors (Lipinski definition) is 4. The highest BCUT2D eigenvalue weighted by atomic mass is 32.1. The molecule has 0 aliphatic carbocycles. The summed E-state index contributed by atoms with van der Waals surface area (Å²) in [6, 6.07) is 2.13. The Labute approximate surface area is 134 Å². The van der Waals surface area contributed by atoms with Crippen molar-refractivity contribution in [2.45, 2.75) is 38.8 Å². The molecular formula is C15H21N5OS. The quantitative estimate of drug-likeness (QED) is 0.946. The standard InChI is InChI=1S/C15H21N5OS/c1-4-12-11-6-8-22-13(11)5-7-20(12)15(21)17-10(2)14-18-16-9-19(14)3/h6,8-10,12H,4-5,7H2,1-3H3,(H,17,21). The summed E-state index contributed by atoms with van der Waals surface area (Å²) in [5, 5.41) is 13.1. The highest BCUT2D eigenvalue weighted by Gasteiger charge is 2.31. The van der Waals surface area contributed by atoms with Crippen LogP contribution in [0.5, 0.6) is 0 Å². The van der Waals surface area contributed by atoms with E-state index in [9.17, 15) is 4.79 Å². The first-order valence-electron chi connectivity index (χ1n) is 7.59. The topological polar surface area (TPSA) is 63.1 Å². The van der Waals surface area contributed by atoms with Crippen LogP contribution in [0.15, 0.2) is 17.8 Å². The Hall–Kier alpha value is -1.89. The van der Waals surface area contributed by atoms with Crippen LogP contribution in [0, 0.1) is 0 Å². The number of nitrogens with one attached hydrogen (secondary N) is 1. The molecule has 1 N–H and O–H groups in total. The maximum absolute atomic E-state index is 12.7. The average Bonchev–Trinajstić information content (AvgIpc) is 3.14. The zero-order valence-corrected chi connectivity index (χ0v) is 13.9. The molecule has 3 rings (SSSR count). The molecule has 0 radical (unpaired) electrons. The van der Waals surface area contributed by atoms with Gasteiger partial charge in [-0.05, 0) is 36.8 Å². The molecule has 0 saturated carbocycles. The van der Waals surface area contributed by atoms with Gasteiger partial charge in [0.15, 0.2) is 5.82 Å². The Morgan fingerprint density at radius 1 is 1.59 bits per heavy atom. The molecule has 0 aromatic carbocycles. The van der Waals surface area contributed by atoms with E-state index >= 15 is 0 Å². The van der Waals surface area contributed by atoms with Gasteiger partial charge in [-0.1, -0.05) is 6.92 Å². The summed E-state index contributed by atoms with van der Waals surface area (Å²) < 4.78 is 1.83. The van der Waals surface area contributed by atoms with Crippen molar-refractivity contribution in [2.75, 3.05) is 6.54 Å². The summed E-state index contributed by atoms with van der Waals surface area (Å²) in [6.07, 6.45) is 3.51. The number of carbonyl (C=O) groups is 1. The number of aromatic nitrogens is 3. The van der Waals surface area contributed by atoms with Crippen molar-refractivity contribution in [3.05, 3.63) is 34.0 Å². The summed E-state index contributed by atoms with van der Waals surface area (Å²) in [5.74, 6) is 0.759. The van der Waals surface area contributed by atoms with Gasteiger partial charge in [0.1, 0.15) is 6.33 Å². The van der Waals surface area contributed by atoms with Gasteiger partial charge < -0.3 is 14.8 Å². The Balaban J connectivity index is 1.74. The second kappa shape index (κ2) is 6.08. The van der Waals surface area contributed by atoms with Gasteiger partial charge in [-0.15, -0.1) is 21.5 Å². The molecule has 3 heterocycles. The van der Waals surface area contributed by atoms with E-state index in [1.807, 2.05) is 23.4 Å². The van der Waals surface area contributed by atoms with Gasteiger partial charge in [-0.2, -0.15) is 0 Å². The van der Waals surface area contributed by atoms with Gasteiger partial charge in [0.25, 0.3) is 0 Å². The van der Waals surface area contributed by atoms with Crippen LogP contribution in [-0.2, 0) is 13.5 Å². The molecule has 2 unspecified atom stereocenters. The summed E-state index contributed by atoms with van der Waals surface area (Å²) in [7, 11) is 1.88. The third-order valence-corrected chi connectivity index (χ3v) is 5.21. The fraction of sp³-hybridized carbons (Fsp3) is 0.533. The monoisotopic (exact) mass is 319 g/mol. The number of nitrogens with zero attached hydrogens (tertiary/aromatic N) is 4. The van der Waals surface area contributed by atoms with E-state index in [0.717, 1.165) is 25.2 Å². The maximum atomic E-state index is 12.7. The van der Waals surface area contributed by atoms with Crippen molar-refractivity contribution >= 4 is 17.4 Å². The molecule has 1 aliphatic heterocycles. The highest BCUT2D eigenvalue weighted by Crippen LogP contribution is 2.35. The van der Waals surface area contributed by atoms with E-state index in [2.05, 4.69) is 33.9 Å². The minimum Gasteiger partial charge on any atom is -0.328 e. The molecule has 2 aromatic rings. The fourth-order valence-corrected chi connectivity index (χ4v) is 4.02. The summed E-state index contributed by atoms with van der Waals surface area (Å²) >= 11 is 1.79. The lowest BCUT2D eigenvalue weighted by molar-refractivity contribution is 0.164. The van der Waals surface area contributed by atoms with E-state index in [-0.39, 0.29) is 18.1 Å². The molecule has 118 valence electrons. The van der Waals surface area contributed by atoms with Crippen molar-refractivity contribution in [2.24, 2.45) is 7.05 Å². The number of fused-ring (bicyclic) bond motifs is 1. The van der Waals surface area contributed by atoms with E-state index < -0.39 is 0 Å². The van der Waals surface area contributed by atoms with E-state index in [1.165, 1.54) is 10.4 Å².